The minimum atomic E-state index is -0.354. The van der Waals surface area contributed by atoms with Crippen LogP contribution in [-0.4, -0.2) is 29.7 Å². The van der Waals surface area contributed by atoms with Gasteiger partial charge in [0, 0.05) is 67.0 Å². The van der Waals surface area contributed by atoms with E-state index in [4.69, 9.17) is 9.47 Å². The molecule has 12 rings (SSSR count). The van der Waals surface area contributed by atoms with E-state index in [9.17, 15) is 19.7 Å². The number of aryl methyl sites for hydroxylation is 10. The minimum Gasteiger partial charge on any atom is -0.493 e. The van der Waals surface area contributed by atoms with Crippen LogP contribution in [0.4, 0.5) is 5.69 Å². The quantitative estimate of drug-likeness (QED) is 0.0766. The van der Waals surface area contributed by atoms with E-state index >= 15 is 0 Å². The summed E-state index contributed by atoms with van der Waals surface area (Å²) in [5.74, 6) is 1.45. The van der Waals surface area contributed by atoms with Crippen molar-refractivity contribution in [3.8, 4) is 67.7 Å². The molecular weight excluding hydrogens is 1060 g/mol. The molecular formula is C72H73N5O6S+4. The van der Waals surface area contributed by atoms with Crippen LogP contribution in [0.15, 0.2) is 189 Å². The largest absolute Gasteiger partial charge is 0.493 e. The number of aromatic nitrogens is 4. The second kappa shape index (κ2) is 26.8. The number of carbonyl (C=O) groups excluding carboxylic acids is 2. The molecule has 5 heterocycles. The zero-order chi connectivity index (χ0) is 59.6. The second-order valence-electron chi connectivity index (χ2n) is 21.3. The van der Waals surface area contributed by atoms with E-state index in [0.29, 0.717) is 24.3 Å². The number of carbonyl (C=O) groups is 2. The van der Waals surface area contributed by atoms with Crippen molar-refractivity contribution in [2.45, 2.75) is 67.2 Å². The summed E-state index contributed by atoms with van der Waals surface area (Å²) in [5.41, 5.74) is 19.2. The van der Waals surface area contributed by atoms with Gasteiger partial charge in [-0.25, -0.2) is 13.7 Å². The Hall–Kier alpha value is -9.26. The Labute approximate surface area is 497 Å². The maximum absolute atomic E-state index is 12.1. The molecule has 0 bridgehead atoms. The van der Waals surface area contributed by atoms with Gasteiger partial charge >= 0.3 is 0 Å². The number of benzene rings is 5. The zero-order valence-corrected chi connectivity index (χ0v) is 50.6. The van der Waals surface area contributed by atoms with Crippen LogP contribution >= 0.6 is 11.3 Å². The van der Waals surface area contributed by atoms with Crippen molar-refractivity contribution >= 4 is 38.7 Å². The number of pyridine rings is 4. The summed E-state index contributed by atoms with van der Waals surface area (Å²) in [5, 5.41) is 12.1. The SMILES string of the molecule is CCOc1cc[n+](C)c(-c2cc3c(cc2C)C(=O)C=CC3=O)c1.CCOc1ccc(-c2cc3c(cc2C)CCCC3)[n+](C)c1.Cc1cc(-c2ccccc2)ccc1-c1cccc[n+]1C.Cc1sc2ccccc2c1-c1cc([N+](=O)[O-])cc[n+]1C. The van der Waals surface area contributed by atoms with Crippen LogP contribution in [0.25, 0.3) is 66.2 Å². The van der Waals surface area contributed by atoms with Crippen LogP contribution < -0.4 is 27.7 Å². The number of hydrogen-bond acceptors (Lipinski definition) is 7. The molecule has 5 aromatic carbocycles. The number of nitrogens with zero attached hydrogens (tertiary/aromatic N) is 5. The Morgan fingerprint density at radius 1 is 0.500 bits per heavy atom. The highest BCUT2D eigenvalue weighted by atomic mass is 32.1. The molecule has 0 spiro atoms. The number of fused-ring (bicyclic) bond motifs is 3. The van der Waals surface area contributed by atoms with Gasteiger partial charge in [-0.1, -0.05) is 66.7 Å². The van der Waals surface area contributed by atoms with Crippen molar-refractivity contribution in [2.75, 3.05) is 13.2 Å². The Kier molecular flexibility index (Phi) is 18.9. The molecule has 0 radical (unpaired) electrons. The number of rotatable bonds is 10. The van der Waals surface area contributed by atoms with Crippen molar-refractivity contribution in [3.05, 3.63) is 243 Å². The smallest absolute Gasteiger partial charge is 0.282 e. The van der Waals surface area contributed by atoms with Gasteiger partial charge in [-0.3, -0.25) is 19.7 Å². The summed E-state index contributed by atoms with van der Waals surface area (Å²) < 4.78 is 20.6. The van der Waals surface area contributed by atoms with E-state index in [0.717, 1.165) is 45.0 Å². The highest BCUT2D eigenvalue weighted by molar-refractivity contribution is 7.19. The molecule has 0 aliphatic heterocycles. The maximum Gasteiger partial charge on any atom is 0.282 e. The normalized spacial score (nSPS) is 12.2. The number of nitro groups is 1. The number of ketones is 2. The zero-order valence-electron chi connectivity index (χ0n) is 49.7. The molecule has 0 amide bonds. The summed E-state index contributed by atoms with van der Waals surface area (Å²) in [6, 6.07) is 51.3. The van der Waals surface area contributed by atoms with Crippen molar-refractivity contribution in [2.24, 2.45) is 28.2 Å². The van der Waals surface area contributed by atoms with Gasteiger partial charge in [-0.2, -0.15) is 4.57 Å². The average Bonchev–Trinajstić information content (AvgIpc) is 3.97. The van der Waals surface area contributed by atoms with Crippen LogP contribution in [0.3, 0.4) is 0 Å². The molecule has 0 saturated carbocycles. The Morgan fingerprint density at radius 3 is 1.79 bits per heavy atom. The standard InChI is InChI=1S/C19H18NO3.C19H24NO.C19H18N.C15H13N2O2S/c1-4-23-13-7-8-20(3)17(10-13)14-11-16-15(9-12(14)2)18(21)5-6-19(16)22;1-4-21-17-9-10-19(20(3)13-17)18-12-16-8-6-5-7-15(16)11-14(18)2;1-15-14-17(16-8-4-3-5-9-16)11-12-18(15)19-10-6-7-13-20(19)2;1-10-15(12-5-3-4-6-14(12)20-10)13-9-11(17(18)19)7-8-16(13)2/h5-11H,4H2,1-3H3;9-13H,4-8H2,1-3H3;3-14H,1-2H3;3-9H,1-2H3/q4*+1. The van der Waals surface area contributed by atoms with Gasteiger partial charge in [0.2, 0.25) is 29.0 Å². The molecule has 2 aliphatic rings. The molecule has 0 fully saturated rings. The lowest BCUT2D eigenvalue weighted by Crippen LogP contribution is -2.31. The monoisotopic (exact) mass is 1140 g/mol. The molecule has 12 heteroatoms. The van der Waals surface area contributed by atoms with Crippen molar-refractivity contribution in [1.82, 2.24) is 0 Å². The fraction of sp³-hybridized carbons (Fsp3) is 0.222. The van der Waals surface area contributed by atoms with Crippen LogP contribution in [0.2, 0.25) is 0 Å². The third-order valence-corrected chi connectivity index (χ3v) is 16.5. The van der Waals surface area contributed by atoms with Crippen molar-refractivity contribution in [3.63, 3.8) is 0 Å². The van der Waals surface area contributed by atoms with Gasteiger partial charge in [-0.05, 0) is 161 Å². The molecule has 5 aromatic heterocycles. The molecule has 424 valence electrons. The van der Waals surface area contributed by atoms with Gasteiger partial charge in [0.05, 0.1) is 41.9 Å². The van der Waals surface area contributed by atoms with E-state index < -0.39 is 0 Å². The van der Waals surface area contributed by atoms with Gasteiger partial charge < -0.3 is 9.47 Å². The van der Waals surface area contributed by atoms with Crippen LogP contribution in [0.1, 0.15) is 80.1 Å². The third-order valence-electron chi connectivity index (χ3n) is 15.4. The van der Waals surface area contributed by atoms with E-state index in [2.05, 4.69) is 160 Å². The lowest BCUT2D eigenvalue weighted by atomic mass is 9.87. The first-order valence-electron chi connectivity index (χ1n) is 28.6. The lowest BCUT2D eigenvalue weighted by Gasteiger charge is -2.18. The molecule has 2 aliphatic carbocycles. The summed E-state index contributed by atoms with van der Waals surface area (Å²) >= 11 is 1.71. The minimum absolute atomic E-state index is 0.118. The lowest BCUT2D eigenvalue weighted by molar-refractivity contribution is -0.660. The van der Waals surface area contributed by atoms with E-state index in [-0.39, 0.29) is 22.2 Å². The summed E-state index contributed by atoms with van der Waals surface area (Å²) in [7, 11) is 8.03. The fourth-order valence-electron chi connectivity index (χ4n) is 11.1. The molecule has 0 N–H and O–H groups in total. The number of hydrogen-bond donors (Lipinski definition) is 0. The second-order valence-corrected chi connectivity index (χ2v) is 22.5. The third kappa shape index (κ3) is 13.5. The first-order chi connectivity index (χ1) is 40.5. The van der Waals surface area contributed by atoms with E-state index in [1.54, 1.807) is 41.3 Å². The number of allylic oxidation sites excluding steroid dienone is 2. The maximum atomic E-state index is 12.1. The van der Waals surface area contributed by atoms with Gasteiger partial charge in [0.25, 0.3) is 5.69 Å². The van der Waals surface area contributed by atoms with E-state index in [1.165, 1.54) is 104 Å². The Balaban J connectivity index is 0.000000135. The first kappa shape index (κ1) is 59.4. The van der Waals surface area contributed by atoms with Gasteiger partial charge in [0.15, 0.2) is 35.9 Å². The highest BCUT2D eigenvalue weighted by Crippen LogP contribution is 2.38. The molecule has 11 nitrogen and oxygen atoms in total. The van der Waals surface area contributed by atoms with Crippen molar-refractivity contribution in [1.29, 1.82) is 0 Å². The molecule has 0 unspecified atom stereocenters. The molecule has 0 atom stereocenters. The predicted octanol–water partition coefficient (Wildman–Crippen LogP) is 14.3. The molecule has 84 heavy (non-hydrogen) atoms. The number of thiophene rings is 1. The Morgan fingerprint density at radius 2 is 1.10 bits per heavy atom. The first-order valence-corrected chi connectivity index (χ1v) is 29.4. The summed E-state index contributed by atoms with van der Waals surface area (Å²) in [6.45, 7) is 13.6. The Bertz CT molecular complexity index is 4130. The van der Waals surface area contributed by atoms with Gasteiger partial charge in [0.1, 0.15) is 33.9 Å². The topological polar surface area (TPSA) is 111 Å². The number of ether oxygens (including phenoxy) is 2. The van der Waals surface area contributed by atoms with E-state index in [1.807, 2.05) is 74.5 Å². The van der Waals surface area contributed by atoms with Crippen LogP contribution in [0.5, 0.6) is 11.5 Å². The summed E-state index contributed by atoms with van der Waals surface area (Å²) in [4.78, 5) is 35.9. The average molecular weight is 1140 g/mol. The predicted molar refractivity (Wildman–Crippen MR) is 335 cm³/mol. The molecule has 0 saturated heterocycles. The highest BCUT2D eigenvalue weighted by Gasteiger charge is 2.25. The van der Waals surface area contributed by atoms with Crippen LogP contribution in [0, 0.1) is 37.8 Å². The fourth-order valence-corrected chi connectivity index (χ4v) is 12.1. The summed E-state index contributed by atoms with van der Waals surface area (Å²) in [6.07, 6.45) is 15.6. The van der Waals surface area contributed by atoms with Gasteiger partial charge in [-0.15, -0.1) is 11.3 Å². The van der Waals surface area contributed by atoms with Crippen molar-refractivity contribution < 1.29 is 42.3 Å². The van der Waals surface area contributed by atoms with Crippen LogP contribution in [-0.2, 0) is 41.0 Å². The molecule has 10 aromatic rings.